The van der Waals surface area contributed by atoms with Crippen LogP contribution in [0.3, 0.4) is 0 Å². The van der Waals surface area contributed by atoms with Gasteiger partial charge in [0.15, 0.2) is 0 Å². The van der Waals surface area contributed by atoms with Crippen LogP contribution in [0.2, 0.25) is 0 Å². The third kappa shape index (κ3) is 3.45. The van der Waals surface area contributed by atoms with E-state index in [9.17, 15) is 14.7 Å². The zero-order valence-electron chi connectivity index (χ0n) is 12.3. The molecular weight excluding hydrogens is 272 g/mol. The fourth-order valence-electron chi connectivity index (χ4n) is 2.37. The molecule has 2 amide bonds. The van der Waals surface area contributed by atoms with Gasteiger partial charge in [-0.05, 0) is 25.0 Å². The second kappa shape index (κ2) is 6.47. The zero-order valence-corrected chi connectivity index (χ0v) is 12.3. The first-order chi connectivity index (χ1) is 10.0. The minimum atomic E-state index is -0.386. The molecule has 0 unspecified atom stereocenters. The number of likely N-dealkylation sites (N-methyl/N-ethyl adjacent to an activating group) is 1. The van der Waals surface area contributed by atoms with Crippen LogP contribution < -0.4 is 4.74 Å². The standard InChI is InChI=1S/C15H20N2O4/c1-16(10-14(19)17-7-3-4-8-17)15(20)12-6-5-11(21-2)9-13(12)18/h5-6,9,18H,3-4,7-8,10H2,1-2H3. The maximum absolute atomic E-state index is 12.3. The molecule has 1 aliphatic heterocycles. The molecule has 0 aliphatic carbocycles. The molecule has 1 aliphatic rings. The molecule has 0 radical (unpaired) electrons. The van der Waals surface area contributed by atoms with Gasteiger partial charge in [-0.2, -0.15) is 0 Å². The van der Waals surface area contributed by atoms with E-state index in [1.54, 1.807) is 18.0 Å². The van der Waals surface area contributed by atoms with E-state index >= 15 is 0 Å². The highest BCUT2D eigenvalue weighted by molar-refractivity contribution is 5.98. The number of benzene rings is 1. The summed E-state index contributed by atoms with van der Waals surface area (Å²) in [6.07, 6.45) is 2.03. The summed E-state index contributed by atoms with van der Waals surface area (Å²) in [5, 5.41) is 9.86. The first-order valence-electron chi connectivity index (χ1n) is 6.93. The van der Waals surface area contributed by atoms with Gasteiger partial charge in [-0.25, -0.2) is 0 Å². The minimum absolute atomic E-state index is 0.0182. The van der Waals surface area contributed by atoms with Gasteiger partial charge in [0.05, 0.1) is 19.2 Å². The first-order valence-corrected chi connectivity index (χ1v) is 6.93. The van der Waals surface area contributed by atoms with Gasteiger partial charge >= 0.3 is 0 Å². The molecular formula is C15H20N2O4. The topological polar surface area (TPSA) is 70.1 Å². The highest BCUT2D eigenvalue weighted by Crippen LogP contribution is 2.24. The van der Waals surface area contributed by atoms with E-state index in [2.05, 4.69) is 0 Å². The molecule has 114 valence electrons. The Morgan fingerprint density at radius 3 is 2.57 bits per heavy atom. The number of rotatable bonds is 4. The summed E-state index contributed by atoms with van der Waals surface area (Å²) >= 11 is 0. The van der Waals surface area contributed by atoms with E-state index in [0.29, 0.717) is 5.75 Å². The lowest BCUT2D eigenvalue weighted by Crippen LogP contribution is -2.39. The largest absolute Gasteiger partial charge is 0.507 e. The number of hydrogen-bond donors (Lipinski definition) is 1. The van der Waals surface area contributed by atoms with Crippen LogP contribution in [-0.4, -0.2) is 60.5 Å². The second-order valence-electron chi connectivity index (χ2n) is 5.13. The number of amides is 2. The monoisotopic (exact) mass is 292 g/mol. The lowest BCUT2D eigenvalue weighted by molar-refractivity contribution is -0.130. The van der Waals surface area contributed by atoms with E-state index in [-0.39, 0.29) is 29.7 Å². The van der Waals surface area contributed by atoms with Crippen molar-refractivity contribution in [3.05, 3.63) is 23.8 Å². The van der Waals surface area contributed by atoms with Crippen LogP contribution in [0.1, 0.15) is 23.2 Å². The van der Waals surface area contributed by atoms with E-state index in [1.165, 1.54) is 24.1 Å². The number of methoxy groups -OCH3 is 1. The maximum Gasteiger partial charge on any atom is 0.257 e. The molecule has 0 aromatic heterocycles. The van der Waals surface area contributed by atoms with Crippen LogP contribution in [0.4, 0.5) is 0 Å². The molecule has 1 fully saturated rings. The molecule has 6 heteroatoms. The Bertz CT molecular complexity index is 538. The van der Waals surface area contributed by atoms with Gasteiger partial charge in [0.25, 0.3) is 5.91 Å². The van der Waals surface area contributed by atoms with Crippen molar-refractivity contribution < 1.29 is 19.4 Å². The molecule has 1 aromatic carbocycles. The SMILES string of the molecule is COc1ccc(C(=O)N(C)CC(=O)N2CCCC2)c(O)c1. The maximum atomic E-state index is 12.3. The third-order valence-corrected chi connectivity index (χ3v) is 3.61. The highest BCUT2D eigenvalue weighted by Gasteiger charge is 2.23. The number of hydrogen-bond acceptors (Lipinski definition) is 4. The van der Waals surface area contributed by atoms with Crippen molar-refractivity contribution in [2.75, 3.05) is 33.8 Å². The quantitative estimate of drug-likeness (QED) is 0.902. The normalized spacial score (nSPS) is 14.1. The number of phenolic OH excluding ortho intramolecular Hbond substituents is 1. The van der Waals surface area contributed by atoms with E-state index in [4.69, 9.17) is 4.74 Å². The molecule has 1 N–H and O–H groups in total. The summed E-state index contributed by atoms with van der Waals surface area (Å²) < 4.78 is 4.98. The Morgan fingerprint density at radius 1 is 1.33 bits per heavy atom. The van der Waals surface area contributed by atoms with Crippen LogP contribution in [0.5, 0.6) is 11.5 Å². The highest BCUT2D eigenvalue weighted by atomic mass is 16.5. The lowest BCUT2D eigenvalue weighted by atomic mass is 10.1. The molecule has 0 spiro atoms. The van der Waals surface area contributed by atoms with Crippen molar-refractivity contribution in [1.82, 2.24) is 9.80 Å². The number of phenols is 1. The summed E-state index contributed by atoms with van der Waals surface area (Å²) in [4.78, 5) is 27.4. The van der Waals surface area contributed by atoms with Gasteiger partial charge in [0.2, 0.25) is 5.91 Å². The van der Waals surface area contributed by atoms with Gasteiger partial charge < -0.3 is 19.6 Å². The molecule has 1 heterocycles. The van der Waals surface area contributed by atoms with Gasteiger partial charge in [-0.15, -0.1) is 0 Å². The van der Waals surface area contributed by atoms with Crippen LogP contribution in [0.15, 0.2) is 18.2 Å². The van der Waals surface area contributed by atoms with Crippen molar-refractivity contribution in [2.45, 2.75) is 12.8 Å². The fourth-order valence-corrected chi connectivity index (χ4v) is 2.37. The van der Waals surface area contributed by atoms with Gasteiger partial charge in [0.1, 0.15) is 11.5 Å². The van der Waals surface area contributed by atoms with E-state index in [1.807, 2.05) is 0 Å². The number of ether oxygens (including phenoxy) is 1. The van der Waals surface area contributed by atoms with Crippen LogP contribution in [0, 0.1) is 0 Å². The van der Waals surface area contributed by atoms with Crippen molar-refractivity contribution in [3.63, 3.8) is 0 Å². The van der Waals surface area contributed by atoms with Crippen molar-refractivity contribution >= 4 is 11.8 Å². The van der Waals surface area contributed by atoms with Crippen molar-refractivity contribution in [3.8, 4) is 11.5 Å². The summed E-state index contributed by atoms with van der Waals surface area (Å²) in [7, 11) is 3.04. The summed E-state index contributed by atoms with van der Waals surface area (Å²) in [5.41, 5.74) is 0.160. The first kappa shape index (κ1) is 15.2. The number of nitrogens with zero attached hydrogens (tertiary/aromatic N) is 2. The second-order valence-corrected chi connectivity index (χ2v) is 5.13. The lowest BCUT2D eigenvalue weighted by Gasteiger charge is -2.21. The fraction of sp³-hybridized carbons (Fsp3) is 0.467. The van der Waals surface area contributed by atoms with Crippen LogP contribution in [0.25, 0.3) is 0 Å². The summed E-state index contributed by atoms with van der Waals surface area (Å²) in [6.45, 7) is 1.54. The molecule has 0 atom stereocenters. The van der Waals surface area contributed by atoms with Gasteiger partial charge in [-0.1, -0.05) is 0 Å². The molecule has 6 nitrogen and oxygen atoms in total. The number of carbonyl (C=O) groups is 2. The van der Waals surface area contributed by atoms with E-state index in [0.717, 1.165) is 25.9 Å². The smallest absolute Gasteiger partial charge is 0.257 e. The predicted molar refractivity (Wildman–Crippen MR) is 77.4 cm³/mol. The minimum Gasteiger partial charge on any atom is -0.507 e. The number of aromatic hydroxyl groups is 1. The molecule has 2 rings (SSSR count). The molecule has 0 bridgehead atoms. The molecule has 0 saturated carbocycles. The number of likely N-dealkylation sites (tertiary alicyclic amines) is 1. The van der Waals surface area contributed by atoms with E-state index < -0.39 is 0 Å². The molecule has 1 aromatic rings. The number of carbonyl (C=O) groups excluding carboxylic acids is 2. The van der Waals surface area contributed by atoms with Crippen LogP contribution >= 0.6 is 0 Å². The van der Waals surface area contributed by atoms with Crippen molar-refractivity contribution in [2.24, 2.45) is 0 Å². The Morgan fingerprint density at radius 2 is 2.00 bits per heavy atom. The van der Waals surface area contributed by atoms with Crippen LogP contribution in [-0.2, 0) is 4.79 Å². The predicted octanol–water partition coefficient (Wildman–Crippen LogP) is 1.10. The Balaban J connectivity index is 2.03. The Hall–Kier alpha value is -2.24. The molecule has 1 saturated heterocycles. The average molecular weight is 292 g/mol. The van der Waals surface area contributed by atoms with Crippen molar-refractivity contribution in [1.29, 1.82) is 0 Å². The average Bonchev–Trinajstić information content (AvgIpc) is 3.00. The third-order valence-electron chi connectivity index (χ3n) is 3.61. The Kier molecular flexibility index (Phi) is 4.67. The zero-order chi connectivity index (χ0) is 15.4. The Labute approximate surface area is 123 Å². The van der Waals surface area contributed by atoms with Gasteiger partial charge in [-0.3, -0.25) is 9.59 Å². The molecule has 21 heavy (non-hydrogen) atoms. The van der Waals surface area contributed by atoms with Gasteiger partial charge in [0, 0.05) is 26.2 Å². The summed E-state index contributed by atoms with van der Waals surface area (Å²) in [5.74, 6) is -0.126. The summed E-state index contributed by atoms with van der Waals surface area (Å²) in [6, 6.07) is 4.47.